The summed E-state index contributed by atoms with van der Waals surface area (Å²) in [5.74, 6) is 0. The molecular weight excluding hydrogens is 418 g/mol. The topological polar surface area (TPSA) is 130 Å². The van der Waals surface area contributed by atoms with Gasteiger partial charge in [-0.3, -0.25) is 10.4 Å². The predicted octanol–water partition coefficient (Wildman–Crippen LogP) is -0.830. The molecule has 1 fully saturated rings. The van der Waals surface area contributed by atoms with Gasteiger partial charge in [0.1, 0.15) is 5.37 Å². The van der Waals surface area contributed by atoms with E-state index in [1.165, 1.54) is 17.3 Å². The molecular formula is C17H19N5O5S2. The Morgan fingerprint density at radius 2 is 1.83 bits per heavy atom. The van der Waals surface area contributed by atoms with E-state index < -0.39 is 25.2 Å². The van der Waals surface area contributed by atoms with Crippen LogP contribution in [-0.2, 0) is 19.9 Å². The Morgan fingerprint density at radius 3 is 2.48 bits per heavy atom. The predicted molar refractivity (Wildman–Crippen MR) is 103 cm³/mol. The first-order valence-corrected chi connectivity index (χ1v) is 12.1. The van der Waals surface area contributed by atoms with Gasteiger partial charge in [0.05, 0.1) is 11.2 Å². The van der Waals surface area contributed by atoms with Crippen molar-refractivity contribution in [2.24, 2.45) is 0 Å². The Bertz CT molecular complexity index is 1330. The van der Waals surface area contributed by atoms with E-state index in [1.807, 2.05) is 24.3 Å². The Hall–Kier alpha value is -2.70. The van der Waals surface area contributed by atoms with E-state index >= 15 is 0 Å². The third-order valence-electron chi connectivity index (χ3n) is 4.87. The molecule has 1 N–H and O–H groups in total. The summed E-state index contributed by atoms with van der Waals surface area (Å²) in [6, 6.07) is 12.2. The van der Waals surface area contributed by atoms with Crippen LogP contribution in [0.1, 0.15) is 0 Å². The molecule has 1 unspecified atom stereocenters. The minimum absolute atomic E-state index is 0.0706. The molecule has 0 amide bonds. The van der Waals surface area contributed by atoms with Crippen molar-refractivity contribution in [1.29, 1.82) is 5.41 Å². The van der Waals surface area contributed by atoms with Crippen molar-refractivity contribution in [1.82, 2.24) is 9.58 Å². The fraction of sp³-hybridized carbons (Fsp3) is 0.294. The molecule has 1 aliphatic heterocycles. The van der Waals surface area contributed by atoms with E-state index in [9.17, 15) is 16.8 Å². The molecule has 2 aromatic carbocycles. The van der Waals surface area contributed by atoms with Gasteiger partial charge in [-0.05, 0) is 28.2 Å². The van der Waals surface area contributed by atoms with Crippen LogP contribution in [0.15, 0.2) is 58.1 Å². The summed E-state index contributed by atoms with van der Waals surface area (Å²) in [6.45, 7) is -0.0991. The lowest BCUT2D eigenvalue weighted by Crippen LogP contribution is -2.72. The molecule has 10 nitrogen and oxygen atoms in total. The number of sulfone groups is 1. The first-order chi connectivity index (χ1) is 13.7. The summed E-state index contributed by atoms with van der Waals surface area (Å²) in [6.07, 6.45) is 2.28. The lowest BCUT2D eigenvalue weighted by Gasteiger charge is -2.40. The van der Waals surface area contributed by atoms with Crippen LogP contribution in [-0.4, -0.2) is 52.4 Å². The molecule has 1 aliphatic rings. The Kier molecular flexibility index (Phi) is 4.71. The molecule has 4 rings (SSSR count). The summed E-state index contributed by atoms with van der Waals surface area (Å²) < 4.78 is 57.0. The second kappa shape index (κ2) is 6.97. The van der Waals surface area contributed by atoms with Crippen molar-refractivity contribution in [3.63, 3.8) is 0 Å². The molecule has 29 heavy (non-hydrogen) atoms. The molecule has 0 aliphatic carbocycles. The monoisotopic (exact) mass is 437 g/mol. The first kappa shape index (κ1) is 19.6. The summed E-state index contributed by atoms with van der Waals surface area (Å²) in [4.78, 5) is 1.22. The number of piperazine rings is 1. The highest BCUT2D eigenvalue weighted by Gasteiger charge is 2.40. The van der Waals surface area contributed by atoms with Crippen molar-refractivity contribution < 1.29 is 26.1 Å². The lowest BCUT2D eigenvalue weighted by molar-refractivity contribution is -0.765. The molecule has 0 bridgehead atoms. The van der Waals surface area contributed by atoms with Gasteiger partial charge in [0, 0.05) is 19.6 Å². The maximum atomic E-state index is 13.5. The minimum Gasteiger partial charge on any atom is -0.380 e. The van der Waals surface area contributed by atoms with E-state index in [1.54, 1.807) is 12.1 Å². The Morgan fingerprint density at radius 1 is 1.10 bits per heavy atom. The van der Waals surface area contributed by atoms with Gasteiger partial charge in [0.2, 0.25) is 10.0 Å². The van der Waals surface area contributed by atoms with E-state index in [2.05, 4.69) is 5.27 Å². The molecule has 3 aromatic rings. The quantitative estimate of drug-likeness (QED) is 0.527. The zero-order chi connectivity index (χ0) is 20.8. The highest BCUT2D eigenvalue weighted by Crippen LogP contribution is 2.25. The number of nitrogens with zero attached hydrogens (tertiary/aromatic N) is 4. The van der Waals surface area contributed by atoms with Gasteiger partial charge in [-0.2, -0.15) is 0 Å². The summed E-state index contributed by atoms with van der Waals surface area (Å²) in [5, 5.41) is 13.0. The molecule has 12 heteroatoms. The number of aromatic nitrogens is 2. The molecule has 154 valence electrons. The second-order valence-electron chi connectivity index (χ2n) is 6.78. The maximum Gasteiger partial charge on any atom is 0.286 e. The fourth-order valence-corrected chi connectivity index (χ4v) is 6.05. The molecule has 0 radical (unpaired) electrons. The van der Waals surface area contributed by atoms with Gasteiger partial charge < -0.3 is 4.52 Å². The van der Waals surface area contributed by atoms with Gasteiger partial charge in [-0.25, -0.2) is 21.1 Å². The fourth-order valence-electron chi connectivity index (χ4n) is 3.37. The number of benzene rings is 2. The third kappa shape index (κ3) is 3.66. The van der Waals surface area contributed by atoms with E-state index in [0.29, 0.717) is 0 Å². The van der Waals surface area contributed by atoms with E-state index in [0.717, 1.165) is 26.1 Å². The smallest absolute Gasteiger partial charge is 0.286 e. The molecule has 1 saturated heterocycles. The van der Waals surface area contributed by atoms with Crippen molar-refractivity contribution in [3.8, 4) is 0 Å². The highest BCUT2D eigenvalue weighted by atomic mass is 32.2. The molecule has 0 spiro atoms. The second-order valence-corrected chi connectivity index (χ2v) is 10.9. The van der Waals surface area contributed by atoms with Crippen LogP contribution < -0.4 is 20.6 Å². The maximum absolute atomic E-state index is 13.5. The van der Waals surface area contributed by atoms with Crippen LogP contribution >= 0.6 is 0 Å². The van der Waals surface area contributed by atoms with Crippen LogP contribution in [0.25, 0.3) is 10.8 Å². The van der Waals surface area contributed by atoms with Crippen molar-refractivity contribution in [2.75, 3.05) is 30.9 Å². The zero-order valence-electron chi connectivity index (χ0n) is 15.5. The average Bonchev–Trinajstić information content (AvgIpc) is 3.12. The average molecular weight is 438 g/mol. The molecule has 1 aromatic heterocycles. The van der Waals surface area contributed by atoms with Crippen LogP contribution in [0.3, 0.4) is 0 Å². The minimum atomic E-state index is -3.98. The zero-order valence-corrected chi connectivity index (χ0v) is 17.1. The van der Waals surface area contributed by atoms with Crippen LogP contribution in [0.5, 0.6) is 0 Å². The Balaban J connectivity index is 1.81. The summed E-state index contributed by atoms with van der Waals surface area (Å²) in [7, 11) is -7.56. The van der Waals surface area contributed by atoms with Gasteiger partial charge in [-0.15, -0.1) is 0 Å². The first-order valence-electron chi connectivity index (χ1n) is 8.71. The number of hydrogen-bond acceptors (Lipinski definition) is 7. The van der Waals surface area contributed by atoms with Gasteiger partial charge >= 0.3 is 0 Å². The molecule has 2 heterocycles. The van der Waals surface area contributed by atoms with Crippen molar-refractivity contribution >= 4 is 30.6 Å². The normalized spacial score (nSPS) is 18.9. The largest absolute Gasteiger partial charge is 0.380 e. The van der Waals surface area contributed by atoms with Crippen molar-refractivity contribution in [2.45, 2.75) is 10.3 Å². The standard InChI is InChI=1S/C17H19N5O5S2/c1-28(23,24)20-8-9-21(22-11-16(18)27-19-22)17(12-20)29(25,26)15-7-6-13-4-2-3-5-14(13)10-15/h2-7,10-11,17-18H,8-9,12H2,1H3. The number of nitrogens with one attached hydrogen (secondary N) is 1. The van der Waals surface area contributed by atoms with Crippen LogP contribution in [0.4, 0.5) is 0 Å². The summed E-state index contributed by atoms with van der Waals surface area (Å²) >= 11 is 0. The van der Waals surface area contributed by atoms with Gasteiger partial charge in [0.15, 0.2) is 9.84 Å². The Labute approximate surface area is 167 Å². The van der Waals surface area contributed by atoms with E-state index in [4.69, 9.17) is 9.93 Å². The lowest BCUT2D eigenvalue weighted by atomic mass is 10.1. The van der Waals surface area contributed by atoms with Gasteiger partial charge in [0.25, 0.3) is 11.8 Å². The third-order valence-corrected chi connectivity index (χ3v) is 8.16. The van der Waals surface area contributed by atoms with Gasteiger partial charge in [-0.1, -0.05) is 35.1 Å². The highest BCUT2D eigenvalue weighted by molar-refractivity contribution is 7.92. The number of rotatable bonds is 4. The number of sulfonamides is 1. The number of hydrogen-bond donors (Lipinski definition) is 1. The van der Waals surface area contributed by atoms with E-state index in [-0.39, 0.29) is 30.1 Å². The number of fused-ring (bicyclic) bond motifs is 1. The van der Waals surface area contributed by atoms with Crippen LogP contribution in [0, 0.1) is 5.41 Å². The summed E-state index contributed by atoms with van der Waals surface area (Å²) in [5.41, 5.74) is -0.239. The van der Waals surface area contributed by atoms with Crippen molar-refractivity contribution in [3.05, 3.63) is 54.2 Å². The molecule has 0 saturated carbocycles. The van der Waals surface area contributed by atoms with Crippen LogP contribution in [0.2, 0.25) is 0 Å². The SMILES string of the molecule is CS(=O)(=O)N1CCN([n+]2cc(=N)o[n-]2)C(S(=O)(=O)c2ccc3ccccc3c2)C1. The molecule has 1 atom stereocenters.